The third-order valence-electron chi connectivity index (χ3n) is 2.79. The summed E-state index contributed by atoms with van der Waals surface area (Å²) in [6.45, 7) is 12.4. The monoisotopic (exact) mass is 435 g/mol. The van der Waals surface area contributed by atoms with E-state index in [4.69, 9.17) is 9.47 Å². The molecular formula is C17H30IN3O2. The molecule has 0 aliphatic carbocycles. The van der Waals surface area contributed by atoms with Gasteiger partial charge in [-0.25, -0.2) is 4.99 Å². The zero-order valence-electron chi connectivity index (χ0n) is 15.0. The molecule has 0 amide bonds. The Balaban J connectivity index is 0.00000484. The minimum absolute atomic E-state index is 0. The Kier molecular flexibility index (Phi) is 10.0. The van der Waals surface area contributed by atoms with E-state index in [1.54, 1.807) is 7.11 Å². The molecule has 1 aromatic rings. The van der Waals surface area contributed by atoms with E-state index in [0.717, 1.165) is 29.6 Å². The van der Waals surface area contributed by atoms with Gasteiger partial charge in [0.25, 0.3) is 0 Å². The number of nitrogens with one attached hydrogen (secondary N) is 2. The van der Waals surface area contributed by atoms with Crippen molar-refractivity contribution in [3.05, 3.63) is 23.8 Å². The van der Waals surface area contributed by atoms with Gasteiger partial charge in [0.15, 0.2) is 17.5 Å². The Hall–Kier alpha value is -1.18. The van der Waals surface area contributed by atoms with Crippen LogP contribution in [0.15, 0.2) is 23.2 Å². The van der Waals surface area contributed by atoms with Crippen LogP contribution in [0.5, 0.6) is 11.5 Å². The molecule has 6 heteroatoms. The van der Waals surface area contributed by atoms with E-state index >= 15 is 0 Å². The number of hydrogen-bond acceptors (Lipinski definition) is 3. The number of aliphatic imine (C=N–C) groups is 1. The van der Waals surface area contributed by atoms with Gasteiger partial charge in [-0.3, -0.25) is 0 Å². The van der Waals surface area contributed by atoms with Crippen LogP contribution in [-0.2, 0) is 6.54 Å². The summed E-state index contributed by atoms with van der Waals surface area (Å²) in [4.78, 5) is 4.62. The van der Waals surface area contributed by atoms with Crippen molar-refractivity contribution in [2.45, 2.75) is 46.7 Å². The molecule has 0 fully saturated rings. The van der Waals surface area contributed by atoms with E-state index < -0.39 is 0 Å². The standard InChI is InChI=1S/C17H29N3O2.HI/c1-7-18-16(20-17(3,4)5)19-12-13-9-10-14(21-6)15(11-13)22-8-2;/h9-11H,7-8,12H2,1-6H3,(H2,18,19,20);1H. The molecule has 1 rings (SSSR count). The Morgan fingerprint density at radius 3 is 2.39 bits per heavy atom. The molecule has 0 unspecified atom stereocenters. The van der Waals surface area contributed by atoms with Crippen LogP contribution in [-0.4, -0.2) is 31.8 Å². The van der Waals surface area contributed by atoms with E-state index in [2.05, 4.69) is 43.3 Å². The second-order valence-corrected chi connectivity index (χ2v) is 5.99. The Morgan fingerprint density at radius 1 is 1.17 bits per heavy atom. The summed E-state index contributed by atoms with van der Waals surface area (Å²) in [5.41, 5.74) is 1.05. The van der Waals surface area contributed by atoms with Crippen LogP contribution in [0.25, 0.3) is 0 Å². The fourth-order valence-electron chi connectivity index (χ4n) is 1.92. The van der Waals surface area contributed by atoms with Gasteiger partial charge in [0.05, 0.1) is 20.3 Å². The van der Waals surface area contributed by atoms with Gasteiger partial charge >= 0.3 is 0 Å². The summed E-state index contributed by atoms with van der Waals surface area (Å²) in [5.74, 6) is 2.31. The van der Waals surface area contributed by atoms with Crippen molar-refractivity contribution in [2.75, 3.05) is 20.3 Å². The lowest BCUT2D eigenvalue weighted by Crippen LogP contribution is -2.47. The zero-order valence-corrected chi connectivity index (χ0v) is 17.4. The highest BCUT2D eigenvalue weighted by Crippen LogP contribution is 2.28. The maximum atomic E-state index is 5.60. The highest BCUT2D eigenvalue weighted by molar-refractivity contribution is 14.0. The molecule has 23 heavy (non-hydrogen) atoms. The van der Waals surface area contributed by atoms with Crippen molar-refractivity contribution in [2.24, 2.45) is 4.99 Å². The number of benzene rings is 1. The first kappa shape index (κ1) is 21.8. The van der Waals surface area contributed by atoms with Crippen LogP contribution in [0.1, 0.15) is 40.2 Å². The fraction of sp³-hybridized carbons (Fsp3) is 0.588. The van der Waals surface area contributed by atoms with E-state index in [1.807, 2.05) is 25.1 Å². The summed E-state index contributed by atoms with van der Waals surface area (Å²) in [6, 6.07) is 5.90. The van der Waals surface area contributed by atoms with Crippen LogP contribution in [0.2, 0.25) is 0 Å². The Morgan fingerprint density at radius 2 is 1.87 bits per heavy atom. The molecule has 0 saturated heterocycles. The Labute approximate surface area is 157 Å². The third kappa shape index (κ3) is 8.29. The molecule has 0 radical (unpaired) electrons. The quantitative estimate of drug-likeness (QED) is 0.408. The topological polar surface area (TPSA) is 54.9 Å². The molecule has 0 spiro atoms. The Bertz CT molecular complexity index is 499. The first-order valence-electron chi connectivity index (χ1n) is 7.75. The summed E-state index contributed by atoms with van der Waals surface area (Å²) >= 11 is 0. The highest BCUT2D eigenvalue weighted by Gasteiger charge is 2.11. The first-order chi connectivity index (χ1) is 10.4. The third-order valence-corrected chi connectivity index (χ3v) is 2.79. The largest absolute Gasteiger partial charge is 0.493 e. The lowest BCUT2D eigenvalue weighted by Gasteiger charge is -2.23. The maximum Gasteiger partial charge on any atom is 0.191 e. The van der Waals surface area contributed by atoms with Crippen LogP contribution >= 0.6 is 24.0 Å². The second kappa shape index (κ2) is 10.6. The zero-order chi connectivity index (χ0) is 16.6. The maximum absolute atomic E-state index is 5.60. The van der Waals surface area contributed by atoms with Gasteiger partial charge in [-0.05, 0) is 52.3 Å². The number of halogens is 1. The minimum Gasteiger partial charge on any atom is -0.493 e. The van der Waals surface area contributed by atoms with Gasteiger partial charge in [-0.2, -0.15) is 0 Å². The van der Waals surface area contributed by atoms with Crippen LogP contribution in [0.3, 0.4) is 0 Å². The predicted octanol–water partition coefficient (Wildman–Crippen LogP) is 3.57. The average molecular weight is 435 g/mol. The first-order valence-corrected chi connectivity index (χ1v) is 7.75. The van der Waals surface area contributed by atoms with Crippen molar-refractivity contribution < 1.29 is 9.47 Å². The number of rotatable bonds is 6. The second-order valence-electron chi connectivity index (χ2n) is 5.99. The number of nitrogens with zero attached hydrogens (tertiary/aromatic N) is 1. The number of hydrogen-bond donors (Lipinski definition) is 2. The molecule has 5 nitrogen and oxygen atoms in total. The molecule has 0 saturated carbocycles. The number of guanidine groups is 1. The molecule has 0 atom stereocenters. The molecule has 0 aliphatic heterocycles. The van der Waals surface area contributed by atoms with E-state index in [9.17, 15) is 0 Å². The van der Waals surface area contributed by atoms with Crippen LogP contribution < -0.4 is 20.1 Å². The van der Waals surface area contributed by atoms with Crippen molar-refractivity contribution >= 4 is 29.9 Å². The van der Waals surface area contributed by atoms with Crippen molar-refractivity contribution in [1.82, 2.24) is 10.6 Å². The molecule has 132 valence electrons. The summed E-state index contributed by atoms with van der Waals surface area (Å²) < 4.78 is 10.9. The molecule has 0 heterocycles. The number of methoxy groups -OCH3 is 1. The number of ether oxygens (including phenoxy) is 2. The normalized spacial score (nSPS) is 11.5. The summed E-state index contributed by atoms with van der Waals surface area (Å²) in [6.07, 6.45) is 0. The van der Waals surface area contributed by atoms with Gasteiger partial charge in [0.2, 0.25) is 0 Å². The molecule has 0 aliphatic rings. The molecule has 0 bridgehead atoms. The lowest BCUT2D eigenvalue weighted by molar-refractivity contribution is 0.310. The van der Waals surface area contributed by atoms with Gasteiger partial charge in [0.1, 0.15) is 0 Å². The SMILES string of the molecule is CCNC(=NCc1ccc(OC)c(OCC)c1)NC(C)(C)C.I. The molecule has 2 N–H and O–H groups in total. The fourth-order valence-corrected chi connectivity index (χ4v) is 1.92. The molecule has 0 aromatic heterocycles. The summed E-state index contributed by atoms with van der Waals surface area (Å²) in [7, 11) is 1.65. The van der Waals surface area contributed by atoms with Crippen molar-refractivity contribution in [3.8, 4) is 11.5 Å². The molecular weight excluding hydrogens is 405 g/mol. The highest BCUT2D eigenvalue weighted by atomic mass is 127. The average Bonchev–Trinajstić information content (AvgIpc) is 2.44. The van der Waals surface area contributed by atoms with Gasteiger partial charge in [-0.15, -0.1) is 24.0 Å². The van der Waals surface area contributed by atoms with Gasteiger partial charge in [0, 0.05) is 12.1 Å². The summed E-state index contributed by atoms with van der Waals surface area (Å²) in [5, 5.41) is 6.63. The van der Waals surface area contributed by atoms with Gasteiger partial charge < -0.3 is 20.1 Å². The van der Waals surface area contributed by atoms with Crippen LogP contribution in [0.4, 0.5) is 0 Å². The predicted molar refractivity (Wildman–Crippen MR) is 107 cm³/mol. The smallest absolute Gasteiger partial charge is 0.191 e. The lowest BCUT2D eigenvalue weighted by atomic mass is 10.1. The van der Waals surface area contributed by atoms with Gasteiger partial charge in [-0.1, -0.05) is 6.07 Å². The van der Waals surface area contributed by atoms with Crippen molar-refractivity contribution in [3.63, 3.8) is 0 Å². The van der Waals surface area contributed by atoms with E-state index in [-0.39, 0.29) is 29.5 Å². The molecule has 1 aromatic carbocycles. The van der Waals surface area contributed by atoms with E-state index in [0.29, 0.717) is 13.2 Å². The van der Waals surface area contributed by atoms with Crippen LogP contribution in [0, 0.1) is 0 Å². The van der Waals surface area contributed by atoms with E-state index in [1.165, 1.54) is 0 Å². The van der Waals surface area contributed by atoms with Crippen molar-refractivity contribution in [1.29, 1.82) is 0 Å². The minimum atomic E-state index is -0.0304.